The van der Waals surface area contributed by atoms with Crippen molar-refractivity contribution in [3.05, 3.63) is 17.8 Å². The van der Waals surface area contributed by atoms with Crippen LogP contribution in [-0.4, -0.2) is 53.4 Å². The van der Waals surface area contributed by atoms with Gasteiger partial charge in [-0.2, -0.15) is 5.10 Å². The molecule has 1 atom stereocenters. The molecule has 116 valence electrons. The van der Waals surface area contributed by atoms with Gasteiger partial charge in [-0.05, 0) is 44.5 Å². The highest BCUT2D eigenvalue weighted by Crippen LogP contribution is 2.23. The largest absolute Gasteiger partial charge is 0.354 e. The van der Waals surface area contributed by atoms with Crippen molar-refractivity contribution >= 4 is 5.82 Å². The Morgan fingerprint density at radius 1 is 1.19 bits per heavy atom. The highest BCUT2D eigenvalue weighted by Gasteiger charge is 2.29. The van der Waals surface area contributed by atoms with Gasteiger partial charge in [0.05, 0.1) is 5.69 Å². The molecule has 0 aromatic carbocycles. The third-order valence-electron chi connectivity index (χ3n) is 4.54. The average Bonchev–Trinajstić information content (AvgIpc) is 3.16. The highest BCUT2D eigenvalue weighted by atomic mass is 15.3. The van der Waals surface area contributed by atoms with E-state index in [1.165, 1.54) is 32.4 Å². The Morgan fingerprint density at radius 3 is 2.67 bits per heavy atom. The van der Waals surface area contributed by atoms with E-state index in [1.807, 2.05) is 0 Å². The van der Waals surface area contributed by atoms with Gasteiger partial charge < -0.3 is 10.2 Å². The Morgan fingerprint density at radius 2 is 2.00 bits per heavy atom. The Hall–Kier alpha value is -1.20. The fourth-order valence-corrected chi connectivity index (χ4v) is 3.28. The molecular formula is C16H27N5. The van der Waals surface area contributed by atoms with Crippen molar-refractivity contribution in [3.8, 4) is 0 Å². The number of hydrogen-bond acceptors (Lipinski definition) is 5. The van der Waals surface area contributed by atoms with Crippen LogP contribution in [0.2, 0.25) is 0 Å². The van der Waals surface area contributed by atoms with E-state index in [0.717, 1.165) is 37.2 Å². The maximum absolute atomic E-state index is 4.42. The number of hydrogen-bond donors (Lipinski definition) is 1. The standard InChI is InChI=1S/C16H27N5/c1-13(2)17-11-14-5-6-16(19-18-14)21-10-7-15(12-21)20-8-3-4-9-20/h5-6,13,15,17H,3-4,7-12H2,1-2H3. The van der Waals surface area contributed by atoms with E-state index in [4.69, 9.17) is 0 Å². The Balaban J connectivity index is 1.55. The molecule has 0 saturated carbocycles. The van der Waals surface area contributed by atoms with Crippen molar-refractivity contribution in [2.24, 2.45) is 0 Å². The molecule has 2 saturated heterocycles. The van der Waals surface area contributed by atoms with Crippen LogP contribution in [0.15, 0.2) is 12.1 Å². The number of nitrogens with one attached hydrogen (secondary N) is 1. The van der Waals surface area contributed by atoms with Crippen LogP contribution < -0.4 is 10.2 Å². The number of rotatable bonds is 5. The molecule has 3 rings (SSSR count). The molecule has 5 nitrogen and oxygen atoms in total. The zero-order valence-electron chi connectivity index (χ0n) is 13.3. The summed E-state index contributed by atoms with van der Waals surface area (Å²) in [6, 6.07) is 5.42. The zero-order chi connectivity index (χ0) is 14.7. The van der Waals surface area contributed by atoms with Gasteiger partial charge in [0, 0.05) is 31.7 Å². The maximum atomic E-state index is 4.42. The Kier molecular flexibility index (Phi) is 4.70. The number of nitrogens with zero attached hydrogens (tertiary/aromatic N) is 4. The normalized spacial score (nSPS) is 23.4. The summed E-state index contributed by atoms with van der Waals surface area (Å²) in [7, 11) is 0. The predicted molar refractivity (Wildman–Crippen MR) is 85.4 cm³/mol. The fraction of sp³-hybridized carbons (Fsp3) is 0.750. The molecular weight excluding hydrogens is 262 g/mol. The summed E-state index contributed by atoms with van der Waals surface area (Å²) in [4.78, 5) is 5.03. The van der Waals surface area contributed by atoms with Crippen LogP contribution in [0.25, 0.3) is 0 Å². The van der Waals surface area contributed by atoms with Crippen molar-refractivity contribution in [2.45, 2.75) is 51.7 Å². The second kappa shape index (κ2) is 6.71. The van der Waals surface area contributed by atoms with Crippen LogP contribution >= 0.6 is 0 Å². The molecule has 3 heterocycles. The Bertz CT molecular complexity index is 438. The van der Waals surface area contributed by atoms with Gasteiger partial charge in [-0.25, -0.2) is 0 Å². The van der Waals surface area contributed by atoms with Gasteiger partial charge >= 0.3 is 0 Å². The van der Waals surface area contributed by atoms with E-state index in [9.17, 15) is 0 Å². The summed E-state index contributed by atoms with van der Waals surface area (Å²) in [5.41, 5.74) is 1.02. The molecule has 1 aromatic rings. The summed E-state index contributed by atoms with van der Waals surface area (Å²) in [5.74, 6) is 1.03. The third-order valence-corrected chi connectivity index (χ3v) is 4.54. The molecule has 2 aliphatic rings. The average molecular weight is 289 g/mol. The van der Waals surface area contributed by atoms with Crippen LogP contribution in [0.3, 0.4) is 0 Å². The number of anilines is 1. The summed E-state index contributed by atoms with van der Waals surface area (Å²) in [6.45, 7) is 9.86. The van der Waals surface area contributed by atoms with Gasteiger partial charge in [0.25, 0.3) is 0 Å². The topological polar surface area (TPSA) is 44.3 Å². The van der Waals surface area contributed by atoms with Crippen molar-refractivity contribution in [1.29, 1.82) is 0 Å². The molecule has 0 spiro atoms. The van der Waals surface area contributed by atoms with Gasteiger partial charge in [0.15, 0.2) is 5.82 Å². The third kappa shape index (κ3) is 3.71. The molecule has 0 amide bonds. The lowest BCUT2D eigenvalue weighted by atomic mass is 10.2. The van der Waals surface area contributed by atoms with Crippen LogP contribution in [0.1, 0.15) is 38.8 Å². The lowest BCUT2D eigenvalue weighted by molar-refractivity contribution is 0.260. The zero-order valence-corrected chi connectivity index (χ0v) is 13.3. The van der Waals surface area contributed by atoms with Crippen molar-refractivity contribution < 1.29 is 0 Å². The predicted octanol–water partition coefficient (Wildman–Crippen LogP) is 1.65. The van der Waals surface area contributed by atoms with Gasteiger partial charge in [-0.3, -0.25) is 4.90 Å². The minimum atomic E-state index is 0.478. The molecule has 1 unspecified atom stereocenters. The molecule has 2 aliphatic heterocycles. The van der Waals surface area contributed by atoms with E-state index in [0.29, 0.717) is 6.04 Å². The second-order valence-electron chi connectivity index (χ2n) is 6.55. The van der Waals surface area contributed by atoms with Gasteiger partial charge in [-0.1, -0.05) is 13.8 Å². The van der Waals surface area contributed by atoms with E-state index < -0.39 is 0 Å². The van der Waals surface area contributed by atoms with E-state index in [2.05, 4.69) is 51.3 Å². The minimum Gasteiger partial charge on any atom is -0.354 e. The van der Waals surface area contributed by atoms with Gasteiger partial charge in [0.1, 0.15) is 0 Å². The van der Waals surface area contributed by atoms with Crippen molar-refractivity contribution in [3.63, 3.8) is 0 Å². The summed E-state index contributed by atoms with van der Waals surface area (Å²) in [5, 5.41) is 12.1. The summed E-state index contributed by atoms with van der Waals surface area (Å²) in [6.07, 6.45) is 4.00. The molecule has 0 aliphatic carbocycles. The first-order valence-electron chi connectivity index (χ1n) is 8.27. The molecule has 21 heavy (non-hydrogen) atoms. The lowest BCUT2D eigenvalue weighted by Crippen LogP contribution is -2.35. The molecule has 0 radical (unpaired) electrons. The van der Waals surface area contributed by atoms with E-state index in [1.54, 1.807) is 0 Å². The molecule has 5 heteroatoms. The first-order valence-corrected chi connectivity index (χ1v) is 8.27. The fourth-order valence-electron chi connectivity index (χ4n) is 3.28. The minimum absolute atomic E-state index is 0.478. The van der Waals surface area contributed by atoms with Crippen LogP contribution in [-0.2, 0) is 6.54 Å². The lowest BCUT2D eigenvalue weighted by Gasteiger charge is -2.23. The van der Waals surface area contributed by atoms with Crippen molar-refractivity contribution in [2.75, 3.05) is 31.1 Å². The molecule has 1 aromatic heterocycles. The van der Waals surface area contributed by atoms with Crippen LogP contribution in [0, 0.1) is 0 Å². The summed E-state index contributed by atoms with van der Waals surface area (Å²) >= 11 is 0. The molecule has 1 N–H and O–H groups in total. The van der Waals surface area contributed by atoms with Crippen molar-refractivity contribution in [1.82, 2.24) is 20.4 Å². The quantitative estimate of drug-likeness (QED) is 0.893. The van der Waals surface area contributed by atoms with Crippen LogP contribution in [0.5, 0.6) is 0 Å². The van der Waals surface area contributed by atoms with Crippen LogP contribution in [0.4, 0.5) is 5.82 Å². The second-order valence-corrected chi connectivity index (χ2v) is 6.55. The first-order chi connectivity index (χ1) is 10.2. The number of likely N-dealkylation sites (tertiary alicyclic amines) is 1. The molecule has 2 fully saturated rings. The van der Waals surface area contributed by atoms with Gasteiger partial charge in [-0.15, -0.1) is 5.10 Å². The molecule has 0 bridgehead atoms. The number of aromatic nitrogens is 2. The highest BCUT2D eigenvalue weighted by molar-refractivity contribution is 5.39. The Labute approximate surface area is 127 Å². The monoisotopic (exact) mass is 289 g/mol. The maximum Gasteiger partial charge on any atom is 0.151 e. The van der Waals surface area contributed by atoms with E-state index >= 15 is 0 Å². The SMILES string of the molecule is CC(C)NCc1ccc(N2CCC(N3CCCC3)C2)nn1. The smallest absolute Gasteiger partial charge is 0.151 e. The van der Waals surface area contributed by atoms with E-state index in [-0.39, 0.29) is 0 Å². The summed E-state index contributed by atoms with van der Waals surface area (Å²) < 4.78 is 0. The first kappa shape index (κ1) is 14.7. The van der Waals surface area contributed by atoms with Gasteiger partial charge in [0.2, 0.25) is 0 Å².